The largest absolute Gasteiger partial charge is 0.388 e. The van der Waals surface area contributed by atoms with Crippen LogP contribution in [0.4, 0.5) is 0 Å². The molecule has 96 valence electrons. The summed E-state index contributed by atoms with van der Waals surface area (Å²) in [5.41, 5.74) is 2.58. The first-order chi connectivity index (χ1) is 8.84. The van der Waals surface area contributed by atoms with Gasteiger partial charge in [-0.25, -0.2) is 5.26 Å². The Morgan fingerprint density at radius 1 is 1.00 bits per heavy atom. The van der Waals surface area contributed by atoms with Gasteiger partial charge in [-0.05, 0) is 48.6 Å². The van der Waals surface area contributed by atoms with Crippen molar-refractivity contribution in [1.29, 1.82) is 5.26 Å². The quantitative estimate of drug-likeness (QED) is 0.874. The summed E-state index contributed by atoms with van der Waals surface area (Å²) in [6.45, 7) is 3.50. The summed E-state index contributed by atoms with van der Waals surface area (Å²) in [7, 11) is 0. The van der Waals surface area contributed by atoms with Crippen molar-refractivity contribution in [3.05, 3.63) is 35.4 Å². The van der Waals surface area contributed by atoms with Crippen molar-refractivity contribution in [3.63, 3.8) is 0 Å². The molecule has 18 heavy (non-hydrogen) atoms. The molecule has 2 nitrogen and oxygen atoms in total. The monoisotopic (exact) mass is 243 g/mol. The third-order valence-corrected chi connectivity index (χ3v) is 4.17. The molecule has 2 saturated carbocycles. The maximum atomic E-state index is 10.3. The normalized spacial score (nSPS) is 21.1. The number of aliphatic hydroxyl groups excluding tert-OH is 1. The molecule has 1 aromatic rings. The average Bonchev–Trinajstić information content (AvgIpc) is 3.15. The van der Waals surface area contributed by atoms with Gasteiger partial charge in [-0.2, -0.15) is 0 Å². The van der Waals surface area contributed by atoms with Gasteiger partial charge in [-0.15, -0.1) is 0 Å². The Balaban J connectivity index is 0.000000574. The Morgan fingerprint density at radius 2 is 1.56 bits per heavy atom. The number of benzene rings is 1. The van der Waals surface area contributed by atoms with E-state index in [2.05, 4.69) is 30.8 Å². The molecule has 2 aliphatic rings. The van der Waals surface area contributed by atoms with E-state index in [0.717, 1.165) is 11.5 Å². The SMILES string of the molecule is C#N.OC(c1ccc(C2CC2)cc1)C1CCCC1. The second-order valence-electron chi connectivity index (χ2n) is 5.43. The molecule has 2 heteroatoms. The van der Waals surface area contributed by atoms with Crippen molar-refractivity contribution in [2.75, 3.05) is 0 Å². The minimum Gasteiger partial charge on any atom is -0.388 e. The van der Waals surface area contributed by atoms with Crippen LogP contribution in [0.3, 0.4) is 0 Å². The van der Waals surface area contributed by atoms with Gasteiger partial charge in [0.2, 0.25) is 0 Å². The second kappa shape index (κ2) is 6.02. The molecular weight excluding hydrogens is 222 g/mol. The minimum atomic E-state index is -0.226. The summed E-state index contributed by atoms with van der Waals surface area (Å²) in [5.74, 6) is 1.32. The summed E-state index contributed by atoms with van der Waals surface area (Å²) < 4.78 is 0. The number of rotatable bonds is 3. The second-order valence-corrected chi connectivity index (χ2v) is 5.43. The fourth-order valence-electron chi connectivity index (χ4n) is 2.93. The molecule has 0 amide bonds. The lowest BCUT2D eigenvalue weighted by Crippen LogP contribution is -2.08. The fourth-order valence-corrected chi connectivity index (χ4v) is 2.93. The van der Waals surface area contributed by atoms with Gasteiger partial charge in [0, 0.05) is 6.57 Å². The summed E-state index contributed by atoms with van der Waals surface area (Å²) in [6.07, 6.45) is 7.46. The van der Waals surface area contributed by atoms with Crippen LogP contribution in [-0.2, 0) is 0 Å². The zero-order valence-electron chi connectivity index (χ0n) is 10.8. The lowest BCUT2D eigenvalue weighted by molar-refractivity contribution is 0.111. The van der Waals surface area contributed by atoms with Crippen molar-refractivity contribution in [2.24, 2.45) is 5.92 Å². The Morgan fingerprint density at radius 3 is 2.06 bits per heavy atom. The van der Waals surface area contributed by atoms with Crippen LogP contribution >= 0.6 is 0 Å². The standard InChI is InChI=1S/C15H20O.CHN/c16-15(13-3-1-2-4-13)14-9-7-12(8-10-14)11-5-6-11;1-2/h7-11,13,15-16H,1-6H2;1H. The van der Waals surface area contributed by atoms with Gasteiger partial charge < -0.3 is 5.11 Å². The molecule has 1 atom stereocenters. The van der Waals surface area contributed by atoms with Crippen LogP contribution in [0, 0.1) is 17.8 Å². The van der Waals surface area contributed by atoms with E-state index in [1.54, 1.807) is 0 Å². The highest BCUT2D eigenvalue weighted by Crippen LogP contribution is 2.41. The van der Waals surface area contributed by atoms with Gasteiger partial charge in [0.05, 0.1) is 6.10 Å². The van der Waals surface area contributed by atoms with Gasteiger partial charge >= 0.3 is 0 Å². The van der Waals surface area contributed by atoms with E-state index in [1.807, 2.05) is 0 Å². The minimum absolute atomic E-state index is 0.226. The van der Waals surface area contributed by atoms with Gasteiger partial charge in [0.1, 0.15) is 0 Å². The van der Waals surface area contributed by atoms with E-state index < -0.39 is 0 Å². The molecule has 0 aliphatic heterocycles. The number of nitriles is 1. The summed E-state index contributed by atoms with van der Waals surface area (Å²) >= 11 is 0. The molecule has 1 N–H and O–H groups in total. The maximum Gasteiger partial charge on any atom is 0.0818 e. The molecule has 2 aliphatic carbocycles. The Hall–Kier alpha value is -1.33. The highest BCUT2D eigenvalue weighted by molar-refractivity contribution is 5.29. The van der Waals surface area contributed by atoms with Gasteiger partial charge in [-0.1, -0.05) is 37.1 Å². The Kier molecular flexibility index (Phi) is 4.38. The molecule has 1 unspecified atom stereocenters. The topological polar surface area (TPSA) is 44.0 Å². The molecule has 0 saturated heterocycles. The zero-order chi connectivity index (χ0) is 13.0. The number of nitrogens with zero attached hydrogens (tertiary/aromatic N) is 1. The predicted octanol–water partition coefficient (Wildman–Crippen LogP) is 3.93. The van der Waals surface area contributed by atoms with Crippen molar-refractivity contribution < 1.29 is 5.11 Å². The Labute approximate surface area is 109 Å². The predicted molar refractivity (Wildman–Crippen MR) is 72.0 cm³/mol. The van der Waals surface area contributed by atoms with Crippen molar-refractivity contribution in [2.45, 2.75) is 50.5 Å². The molecule has 0 radical (unpaired) electrons. The molecular formula is C16H21NO. The van der Waals surface area contributed by atoms with Crippen LogP contribution in [-0.4, -0.2) is 5.11 Å². The lowest BCUT2D eigenvalue weighted by Gasteiger charge is -2.18. The van der Waals surface area contributed by atoms with E-state index in [1.165, 1.54) is 44.1 Å². The van der Waals surface area contributed by atoms with Crippen molar-refractivity contribution in [1.82, 2.24) is 0 Å². The zero-order valence-corrected chi connectivity index (χ0v) is 10.8. The van der Waals surface area contributed by atoms with Crippen molar-refractivity contribution >= 4 is 0 Å². The molecule has 0 aromatic heterocycles. The molecule has 0 spiro atoms. The average molecular weight is 243 g/mol. The molecule has 0 bridgehead atoms. The highest BCUT2D eigenvalue weighted by Gasteiger charge is 2.26. The highest BCUT2D eigenvalue weighted by atomic mass is 16.3. The van der Waals surface area contributed by atoms with E-state index >= 15 is 0 Å². The van der Waals surface area contributed by atoms with Crippen LogP contribution in [0.25, 0.3) is 0 Å². The van der Waals surface area contributed by atoms with E-state index in [-0.39, 0.29) is 6.10 Å². The first-order valence-corrected chi connectivity index (χ1v) is 6.88. The van der Waals surface area contributed by atoms with Gasteiger partial charge in [0.25, 0.3) is 0 Å². The van der Waals surface area contributed by atoms with Crippen LogP contribution in [0.15, 0.2) is 24.3 Å². The van der Waals surface area contributed by atoms with Crippen LogP contribution in [0.2, 0.25) is 0 Å². The maximum absolute atomic E-state index is 10.3. The summed E-state index contributed by atoms with van der Waals surface area (Å²) in [6, 6.07) is 8.70. The third kappa shape index (κ3) is 2.91. The third-order valence-electron chi connectivity index (χ3n) is 4.17. The van der Waals surface area contributed by atoms with E-state index in [4.69, 9.17) is 5.26 Å². The molecule has 3 rings (SSSR count). The summed E-state index contributed by atoms with van der Waals surface area (Å²) in [4.78, 5) is 0. The van der Waals surface area contributed by atoms with Gasteiger partial charge in [-0.3, -0.25) is 0 Å². The number of hydrogen-bond acceptors (Lipinski definition) is 2. The number of hydrogen-bond donors (Lipinski definition) is 1. The number of aliphatic hydroxyl groups is 1. The smallest absolute Gasteiger partial charge is 0.0818 e. The van der Waals surface area contributed by atoms with E-state index in [0.29, 0.717) is 5.92 Å². The fraction of sp³-hybridized carbons (Fsp3) is 0.562. The van der Waals surface area contributed by atoms with Crippen LogP contribution < -0.4 is 0 Å². The van der Waals surface area contributed by atoms with Crippen molar-refractivity contribution in [3.8, 4) is 6.57 Å². The summed E-state index contributed by atoms with van der Waals surface area (Å²) in [5, 5.41) is 16.8. The van der Waals surface area contributed by atoms with Gasteiger partial charge in [0.15, 0.2) is 0 Å². The first-order valence-electron chi connectivity index (χ1n) is 6.88. The molecule has 2 fully saturated rings. The Bertz CT molecular complexity index is 385. The molecule has 1 aromatic carbocycles. The van der Waals surface area contributed by atoms with E-state index in [9.17, 15) is 5.11 Å². The van der Waals surface area contributed by atoms with Crippen LogP contribution in [0.5, 0.6) is 0 Å². The van der Waals surface area contributed by atoms with Crippen LogP contribution in [0.1, 0.15) is 61.7 Å². The lowest BCUT2D eigenvalue weighted by atomic mass is 9.93. The first kappa shape index (κ1) is 13.1. The molecule has 0 heterocycles.